The molecule has 2 aliphatic rings. The van der Waals surface area contributed by atoms with Gasteiger partial charge < -0.3 is 10.5 Å². The average Bonchev–Trinajstić information content (AvgIpc) is 2.30. The summed E-state index contributed by atoms with van der Waals surface area (Å²) in [6, 6.07) is 0.594. The summed E-state index contributed by atoms with van der Waals surface area (Å²) in [5.74, 6) is 0. The molecule has 0 bridgehead atoms. The maximum absolute atomic E-state index is 6.52. The van der Waals surface area contributed by atoms with Gasteiger partial charge in [0.15, 0.2) is 0 Å². The second kappa shape index (κ2) is 5.48. The van der Waals surface area contributed by atoms with Crippen LogP contribution < -0.4 is 5.73 Å². The van der Waals surface area contributed by atoms with Crippen molar-refractivity contribution in [3.8, 4) is 0 Å². The van der Waals surface area contributed by atoms with Crippen molar-refractivity contribution in [2.45, 2.75) is 57.0 Å². The molecule has 0 radical (unpaired) electrons. The Morgan fingerprint density at radius 1 is 1.31 bits per heavy atom. The first-order valence-corrected chi connectivity index (χ1v) is 6.84. The maximum atomic E-state index is 6.52. The number of nitrogens with two attached hydrogens (primary N) is 1. The molecule has 1 aliphatic carbocycles. The monoisotopic (exact) mass is 226 g/mol. The van der Waals surface area contributed by atoms with Crippen LogP contribution in [-0.4, -0.2) is 42.8 Å². The van der Waals surface area contributed by atoms with Crippen molar-refractivity contribution in [2.24, 2.45) is 5.73 Å². The summed E-state index contributed by atoms with van der Waals surface area (Å²) in [6.45, 7) is 6.17. The SMILES string of the molecule is CCC1COCCN1CC1(N)CCCCC1. The molecule has 1 saturated carbocycles. The summed E-state index contributed by atoms with van der Waals surface area (Å²) in [5.41, 5.74) is 6.61. The van der Waals surface area contributed by atoms with E-state index in [1.807, 2.05) is 0 Å². The largest absolute Gasteiger partial charge is 0.378 e. The van der Waals surface area contributed by atoms with E-state index < -0.39 is 0 Å². The zero-order chi connectivity index (χ0) is 11.4. The van der Waals surface area contributed by atoms with E-state index in [4.69, 9.17) is 10.5 Å². The van der Waals surface area contributed by atoms with Crippen LogP contribution in [0.5, 0.6) is 0 Å². The van der Waals surface area contributed by atoms with E-state index in [-0.39, 0.29) is 5.54 Å². The second-order valence-corrected chi connectivity index (χ2v) is 5.53. The first-order valence-electron chi connectivity index (χ1n) is 6.84. The highest BCUT2D eigenvalue weighted by molar-refractivity contribution is 4.92. The van der Waals surface area contributed by atoms with Gasteiger partial charge in [0, 0.05) is 24.7 Å². The van der Waals surface area contributed by atoms with Crippen LogP contribution in [0.2, 0.25) is 0 Å². The lowest BCUT2D eigenvalue weighted by Gasteiger charge is -2.43. The van der Waals surface area contributed by atoms with Crippen molar-refractivity contribution >= 4 is 0 Å². The van der Waals surface area contributed by atoms with Crippen LogP contribution in [0.1, 0.15) is 45.4 Å². The van der Waals surface area contributed by atoms with Gasteiger partial charge in [0.2, 0.25) is 0 Å². The van der Waals surface area contributed by atoms with Gasteiger partial charge >= 0.3 is 0 Å². The molecule has 0 aromatic rings. The highest BCUT2D eigenvalue weighted by atomic mass is 16.5. The minimum absolute atomic E-state index is 0.0863. The van der Waals surface area contributed by atoms with Gasteiger partial charge in [-0.25, -0.2) is 0 Å². The fourth-order valence-electron chi connectivity index (χ4n) is 3.09. The lowest BCUT2D eigenvalue weighted by Crippen LogP contribution is -2.56. The first kappa shape index (κ1) is 12.3. The third-order valence-corrected chi connectivity index (χ3v) is 4.19. The molecule has 16 heavy (non-hydrogen) atoms. The van der Waals surface area contributed by atoms with E-state index in [0.29, 0.717) is 6.04 Å². The summed E-state index contributed by atoms with van der Waals surface area (Å²) in [7, 11) is 0. The Kier molecular flexibility index (Phi) is 4.22. The third-order valence-electron chi connectivity index (χ3n) is 4.19. The van der Waals surface area contributed by atoms with Crippen LogP contribution in [-0.2, 0) is 4.74 Å². The number of ether oxygens (including phenoxy) is 1. The zero-order valence-corrected chi connectivity index (χ0v) is 10.6. The molecule has 2 rings (SSSR count). The van der Waals surface area contributed by atoms with Crippen LogP contribution in [0.4, 0.5) is 0 Å². The van der Waals surface area contributed by atoms with E-state index in [1.165, 1.54) is 38.5 Å². The highest BCUT2D eigenvalue weighted by Gasteiger charge is 2.32. The average molecular weight is 226 g/mol. The smallest absolute Gasteiger partial charge is 0.0622 e. The van der Waals surface area contributed by atoms with Gasteiger partial charge in [-0.3, -0.25) is 4.90 Å². The number of morpholine rings is 1. The van der Waals surface area contributed by atoms with E-state index in [9.17, 15) is 0 Å². The van der Waals surface area contributed by atoms with E-state index >= 15 is 0 Å². The van der Waals surface area contributed by atoms with Gasteiger partial charge in [-0.2, -0.15) is 0 Å². The van der Waals surface area contributed by atoms with E-state index in [1.54, 1.807) is 0 Å². The topological polar surface area (TPSA) is 38.5 Å². The van der Waals surface area contributed by atoms with Crippen LogP contribution in [0, 0.1) is 0 Å². The van der Waals surface area contributed by atoms with Crippen molar-refractivity contribution in [2.75, 3.05) is 26.3 Å². The Bertz CT molecular complexity index is 214. The highest BCUT2D eigenvalue weighted by Crippen LogP contribution is 2.28. The molecule has 1 heterocycles. The van der Waals surface area contributed by atoms with Gasteiger partial charge in [0.05, 0.1) is 13.2 Å². The minimum Gasteiger partial charge on any atom is -0.378 e. The third kappa shape index (κ3) is 2.96. The molecule has 3 heteroatoms. The molecule has 0 spiro atoms. The van der Waals surface area contributed by atoms with Crippen LogP contribution in [0.15, 0.2) is 0 Å². The Labute approximate surface area is 99.3 Å². The van der Waals surface area contributed by atoms with Gasteiger partial charge in [-0.15, -0.1) is 0 Å². The molecule has 0 aromatic heterocycles. The molecule has 3 nitrogen and oxygen atoms in total. The Hall–Kier alpha value is -0.120. The standard InChI is InChI=1S/C13H26N2O/c1-2-12-10-16-9-8-15(12)11-13(14)6-4-3-5-7-13/h12H,2-11,14H2,1H3. The van der Waals surface area contributed by atoms with E-state index in [2.05, 4.69) is 11.8 Å². The first-order chi connectivity index (χ1) is 7.73. The van der Waals surface area contributed by atoms with Crippen LogP contribution >= 0.6 is 0 Å². The Balaban J connectivity index is 1.90. The van der Waals surface area contributed by atoms with Crippen LogP contribution in [0.25, 0.3) is 0 Å². The molecule has 2 fully saturated rings. The summed E-state index contributed by atoms with van der Waals surface area (Å²) in [4.78, 5) is 2.56. The number of hydrogen-bond donors (Lipinski definition) is 1. The van der Waals surface area contributed by atoms with Crippen molar-refractivity contribution < 1.29 is 4.74 Å². The molecule has 0 aromatic carbocycles. The molecule has 1 aliphatic heterocycles. The lowest BCUT2D eigenvalue weighted by molar-refractivity contribution is -0.0211. The Morgan fingerprint density at radius 2 is 2.06 bits per heavy atom. The predicted molar refractivity (Wildman–Crippen MR) is 66.5 cm³/mol. The molecule has 1 saturated heterocycles. The molecule has 94 valence electrons. The molecule has 1 atom stereocenters. The lowest BCUT2D eigenvalue weighted by atomic mass is 9.82. The van der Waals surface area contributed by atoms with Crippen molar-refractivity contribution in [1.29, 1.82) is 0 Å². The van der Waals surface area contributed by atoms with Crippen molar-refractivity contribution in [3.63, 3.8) is 0 Å². The normalized spacial score (nSPS) is 31.5. The van der Waals surface area contributed by atoms with Gasteiger partial charge in [-0.05, 0) is 19.3 Å². The number of rotatable bonds is 3. The molecule has 0 amide bonds. The fourth-order valence-corrected chi connectivity index (χ4v) is 3.09. The van der Waals surface area contributed by atoms with Crippen LogP contribution in [0.3, 0.4) is 0 Å². The van der Waals surface area contributed by atoms with Gasteiger partial charge in [0.25, 0.3) is 0 Å². The molecule has 1 unspecified atom stereocenters. The molecular weight excluding hydrogens is 200 g/mol. The molecule has 2 N–H and O–H groups in total. The van der Waals surface area contributed by atoms with Crippen molar-refractivity contribution in [3.05, 3.63) is 0 Å². The van der Waals surface area contributed by atoms with E-state index in [0.717, 1.165) is 26.3 Å². The zero-order valence-electron chi connectivity index (χ0n) is 10.6. The predicted octanol–water partition coefficient (Wildman–Crippen LogP) is 1.76. The summed E-state index contributed by atoms with van der Waals surface area (Å²) >= 11 is 0. The number of nitrogens with zero attached hydrogens (tertiary/aromatic N) is 1. The summed E-state index contributed by atoms with van der Waals surface area (Å²) < 4.78 is 5.54. The summed E-state index contributed by atoms with van der Waals surface area (Å²) in [6.07, 6.45) is 7.60. The van der Waals surface area contributed by atoms with Gasteiger partial charge in [-0.1, -0.05) is 26.2 Å². The molecular formula is C13H26N2O. The van der Waals surface area contributed by atoms with Gasteiger partial charge in [0.1, 0.15) is 0 Å². The maximum Gasteiger partial charge on any atom is 0.0622 e. The Morgan fingerprint density at radius 3 is 2.75 bits per heavy atom. The van der Waals surface area contributed by atoms with Crippen molar-refractivity contribution in [1.82, 2.24) is 4.90 Å². The minimum atomic E-state index is 0.0863. The quantitative estimate of drug-likeness (QED) is 0.797. The second-order valence-electron chi connectivity index (χ2n) is 5.53. The summed E-state index contributed by atoms with van der Waals surface area (Å²) in [5, 5.41) is 0. The fraction of sp³-hybridized carbons (Fsp3) is 1.00. The number of hydrogen-bond acceptors (Lipinski definition) is 3.